The monoisotopic (exact) mass is 190 g/mol. The molecule has 1 N–H and O–H groups in total. The van der Waals surface area contributed by atoms with Crippen molar-refractivity contribution in [3.05, 3.63) is 46.4 Å². The van der Waals surface area contributed by atoms with Crippen molar-refractivity contribution >= 4 is 0 Å². The summed E-state index contributed by atoms with van der Waals surface area (Å²) in [5, 5.41) is 9.40. The third-order valence-electron chi connectivity index (χ3n) is 2.14. The van der Waals surface area contributed by atoms with Gasteiger partial charge in [0.05, 0.1) is 6.04 Å². The fourth-order valence-corrected chi connectivity index (χ4v) is 1.33. The number of aromatic amines is 1. The highest BCUT2D eigenvalue weighted by Crippen LogP contribution is 2.13. The molecule has 0 radical (unpaired) electrons. The summed E-state index contributed by atoms with van der Waals surface area (Å²) < 4.78 is 1.31. The highest BCUT2D eigenvalue weighted by atomic mass is 16.2. The lowest BCUT2D eigenvalue weighted by Crippen LogP contribution is -2.22. The van der Waals surface area contributed by atoms with Gasteiger partial charge in [0, 0.05) is 0 Å². The lowest BCUT2D eigenvalue weighted by molar-refractivity contribution is 0.528. The summed E-state index contributed by atoms with van der Waals surface area (Å²) in [7, 11) is 0. The van der Waals surface area contributed by atoms with Gasteiger partial charge in [-0.2, -0.15) is 4.68 Å². The van der Waals surface area contributed by atoms with E-state index in [2.05, 4.69) is 15.5 Å². The van der Waals surface area contributed by atoms with Gasteiger partial charge < -0.3 is 0 Å². The molecule has 5 heteroatoms. The summed E-state index contributed by atoms with van der Waals surface area (Å²) in [6, 6.07) is 9.59. The standard InChI is InChI=1S/C9H10N4O/c1-7(8-5-3-2-4-6-8)13-9(14)10-11-12-13/h2-7H,1H3,(H,10,12,14). The molecule has 1 heterocycles. The minimum Gasteiger partial charge on any atom is -0.244 e. The summed E-state index contributed by atoms with van der Waals surface area (Å²) in [5.41, 5.74) is 0.741. The maximum absolute atomic E-state index is 11.2. The molecule has 2 aromatic rings. The van der Waals surface area contributed by atoms with Gasteiger partial charge in [-0.25, -0.2) is 9.89 Å². The van der Waals surface area contributed by atoms with Gasteiger partial charge in [0.15, 0.2) is 0 Å². The molecule has 0 amide bonds. The van der Waals surface area contributed by atoms with Gasteiger partial charge in [-0.05, 0) is 22.9 Å². The quantitative estimate of drug-likeness (QED) is 0.753. The number of hydrogen-bond donors (Lipinski definition) is 1. The Balaban J connectivity index is 2.39. The molecule has 1 atom stereocenters. The smallest absolute Gasteiger partial charge is 0.244 e. The van der Waals surface area contributed by atoms with E-state index in [1.165, 1.54) is 4.68 Å². The van der Waals surface area contributed by atoms with E-state index in [0.29, 0.717) is 0 Å². The highest BCUT2D eigenvalue weighted by molar-refractivity contribution is 5.18. The number of hydrogen-bond acceptors (Lipinski definition) is 3. The van der Waals surface area contributed by atoms with Crippen molar-refractivity contribution in [2.24, 2.45) is 0 Å². The molecular weight excluding hydrogens is 180 g/mol. The molecular formula is C9H10N4O. The average Bonchev–Trinajstić information content (AvgIpc) is 2.65. The molecule has 0 spiro atoms. The largest absolute Gasteiger partial charge is 0.361 e. The second-order valence-corrected chi connectivity index (χ2v) is 3.04. The first-order chi connectivity index (χ1) is 6.79. The van der Waals surface area contributed by atoms with E-state index in [1.54, 1.807) is 0 Å². The van der Waals surface area contributed by atoms with Crippen molar-refractivity contribution in [3.8, 4) is 0 Å². The molecule has 72 valence electrons. The van der Waals surface area contributed by atoms with Crippen LogP contribution in [0.2, 0.25) is 0 Å². The fraction of sp³-hybridized carbons (Fsp3) is 0.222. The number of benzene rings is 1. The van der Waals surface area contributed by atoms with E-state index >= 15 is 0 Å². The van der Waals surface area contributed by atoms with Crippen LogP contribution in [0.3, 0.4) is 0 Å². The molecule has 0 aliphatic heterocycles. The number of nitrogens with one attached hydrogen (secondary N) is 1. The number of H-pyrrole nitrogens is 1. The van der Waals surface area contributed by atoms with Crippen LogP contribution in [0.5, 0.6) is 0 Å². The van der Waals surface area contributed by atoms with Crippen molar-refractivity contribution in [1.29, 1.82) is 0 Å². The molecule has 2 rings (SSSR count). The van der Waals surface area contributed by atoms with Crippen LogP contribution < -0.4 is 5.69 Å². The highest BCUT2D eigenvalue weighted by Gasteiger charge is 2.10. The minimum atomic E-state index is -0.290. The predicted octanol–water partition coefficient (Wildman–Crippen LogP) is 0.576. The van der Waals surface area contributed by atoms with Gasteiger partial charge in [0.1, 0.15) is 0 Å². The maximum atomic E-state index is 11.2. The fourth-order valence-electron chi connectivity index (χ4n) is 1.33. The maximum Gasteiger partial charge on any atom is 0.361 e. The molecule has 0 bridgehead atoms. The zero-order valence-corrected chi connectivity index (χ0v) is 7.71. The van der Waals surface area contributed by atoms with Gasteiger partial charge in [-0.15, -0.1) is 0 Å². The number of nitrogens with zero attached hydrogens (tertiary/aromatic N) is 3. The van der Waals surface area contributed by atoms with Gasteiger partial charge in [0.2, 0.25) is 0 Å². The minimum absolute atomic E-state index is 0.0950. The Morgan fingerprint density at radius 3 is 2.64 bits per heavy atom. The van der Waals surface area contributed by atoms with Crippen LogP contribution >= 0.6 is 0 Å². The van der Waals surface area contributed by atoms with E-state index in [-0.39, 0.29) is 11.7 Å². The van der Waals surface area contributed by atoms with Crippen molar-refractivity contribution in [1.82, 2.24) is 20.2 Å². The third-order valence-corrected chi connectivity index (χ3v) is 2.14. The molecule has 1 aromatic heterocycles. The predicted molar refractivity (Wildman–Crippen MR) is 50.9 cm³/mol. The summed E-state index contributed by atoms with van der Waals surface area (Å²) in [6.45, 7) is 1.90. The van der Waals surface area contributed by atoms with E-state index < -0.39 is 0 Å². The summed E-state index contributed by atoms with van der Waals surface area (Å²) in [6.07, 6.45) is 0. The molecule has 1 aromatic carbocycles. The number of tetrazole rings is 1. The summed E-state index contributed by atoms with van der Waals surface area (Å²) in [4.78, 5) is 11.2. The topological polar surface area (TPSA) is 63.6 Å². The van der Waals surface area contributed by atoms with Crippen molar-refractivity contribution in [2.75, 3.05) is 0 Å². The SMILES string of the molecule is CC(c1ccccc1)n1nn[nH]c1=O. The van der Waals surface area contributed by atoms with Crippen molar-refractivity contribution in [3.63, 3.8) is 0 Å². The Morgan fingerprint density at radius 1 is 1.36 bits per heavy atom. The van der Waals surface area contributed by atoms with E-state index in [1.807, 2.05) is 37.3 Å². The summed E-state index contributed by atoms with van der Waals surface area (Å²) >= 11 is 0. The second kappa shape index (κ2) is 3.45. The first-order valence-electron chi connectivity index (χ1n) is 4.34. The van der Waals surface area contributed by atoms with E-state index in [9.17, 15) is 4.79 Å². The molecule has 0 saturated heterocycles. The lowest BCUT2D eigenvalue weighted by Gasteiger charge is -2.08. The van der Waals surface area contributed by atoms with Crippen LogP contribution in [0.25, 0.3) is 0 Å². The van der Waals surface area contributed by atoms with Gasteiger partial charge >= 0.3 is 5.69 Å². The van der Waals surface area contributed by atoms with Crippen molar-refractivity contribution < 1.29 is 0 Å². The average molecular weight is 190 g/mol. The lowest BCUT2D eigenvalue weighted by atomic mass is 10.1. The van der Waals surface area contributed by atoms with E-state index in [4.69, 9.17) is 0 Å². The molecule has 5 nitrogen and oxygen atoms in total. The summed E-state index contributed by atoms with van der Waals surface area (Å²) in [5.74, 6) is 0. The van der Waals surface area contributed by atoms with Crippen molar-refractivity contribution in [2.45, 2.75) is 13.0 Å². The van der Waals surface area contributed by atoms with Crippen LogP contribution in [0.1, 0.15) is 18.5 Å². The van der Waals surface area contributed by atoms with Crippen LogP contribution in [-0.4, -0.2) is 20.2 Å². The Bertz CT molecular complexity index is 459. The first kappa shape index (κ1) is 8.68. The molecule has 1 unspecified atom stereocenters. The van der Waals surface area contributed by atoms with Crippen LogP contribution in [-0.2, 0) is 0 Å². The van der Waals surface area contributed by atoms with Crippen LogP contribution in [0, 0.1) is 0 Å². The van der Waals surface area contributed by atoms with Gasteiger partial charge in [-0.1, -0.05) is 30.3 Å². The second-order valence-electron chi connectivity index (χ2n) is 3.04. The Hall–Kier alpha value is -1.91. The zero-order chi connectivity index (χ0) is 9.97. The zero-order valence-electron chi connectivity index (χ0n) is 7.71. The third kappa shape index (κ3) is 1.44. The Morgan fingerprint density at radius 2 is 2.07 bits per heavy atom. The molecule has 14 heavy (non-hydrogen) atoms. The Labute approximate surface area is 80.4 Å². The number of aromatic nitrogens is 4. The van der Waals surface area contributed by atoms with Crippen LogP contribution in [0.4, 0.5) is 0 Å². The first-order valence-corrected chi connectivity index (χ1v) is 4.34. The molecule has 0 aliphatic rings. The normalized spacial score (nSPS) is 12.6. The molecule has 0 aliphatic carbocycles. The number of rotatable bonds is 2. The Kier molecular flexibility index (Phi) is 2.14. The van der Waals surface area contributed by atoms with Gasteiger partial charge in [0.25, 0.3) is 0 Å². The van der Waals surface area contributed by atoms with Crippen LogP contribution in [0.15, 0.2) is 35.1 Å². The molecule has 0 saturated carbocycles. The van der Waals surface area contributed by atoms with Gasteiger partial charge in [-0.3, -0.25) is 0 Å². The molecule has 0 fully saturated rings. The van der Waals surface area contributed by atoms with E-state index in [0.717, 1.165) is 5.56 Å².